The van der Waals surface area contributed by atoms with Crippen LogP contribution in [0.3, 0.4) is 0 Å². The molecule has 0 bridgehead atoms. The summed E-state index contributed by atoms with van der Waals surface area (Å²) in [6.45, 7) is 2.25. The molecule has 0 amide bonds. The third-order valence-electron chi connectivity index (χ3n) is 3.99. The number of unbranched alkanes of at least 4 members (excludes halogenated alkanes) is 3. The summed E-state index contributed by atoms with van der Waals surface area (Å²) in [6, 6.07) is 19.3. The Hall–Kier alpha value is -1.60. The van der Waals surface area contributed by atoms with Crippen molar-refractivity contribution in [2.24, 2.45) is 0 Å². The monoisotopic (exact) mass is 282 g/mol. The van der Waals surface area contributed by atoms with E-state index in [0.29, 0.717) is 0 Å². The first-order chi connectivity index (χ1) is 10.3. The highest BCUT2D eigenvalue weighted by atomic mass is 16.5. The van der Waals surface area contributed by atoms with E-state index in [9.17, 15) is 0 Å². The number of ether oxygens (including phenoxy) is 1. The molecular formula is C20H26O. The molecule has 0 spiro atoms. The van der Waals surface area contributed by atoms with Crippen molar-refractivity contribution in [2.75, 3.05) is 7.11 Å². The third-order valence-corrected chi connectivity index (χ3v) is 3.99. The maximum atomic E-state index is 5.66. The van der Waals surface area contributed by atoms with Gasteiger partial charge in [0.05, 0.1) is 6.10 Å². The van der Waals surface area contributed by atoms with Gasteiger partial charge in [0.2, 0.25) is 0 Å². The quantitative estimate of drug-likeness (QED) is 0.539. The second-order valence-corrected chi connectivity index (χ2v) is 5.56. The zero-order chi connectivity index (χ0) is 14.9. The van der Waals surface area contributed by atoms with E-state index in [4.69, 9.17) is 4.74 Å². The maximum absolute atomic E-state index is 5.66. The van der Waals surface area contributed by atoms with Gasteiger partial charge in [-0.3, -0.25) is 0 Å². The first-order valence-corrected chi connectivity index (χ1v) is 8.03. The Bertz CT molecular complexity index is 501. The van der Waals surface area contributed by atoms with Gasteiger partial charge < -0.3 is 4.74 Å². The van der Waals surface area contributed by atoms with Crippen molar-refractivity contribution < 1.29 is 4.74 Å². The Morgan fingerprint density at radius 1 is 0.810 bits per heavy atom. The molecule has 2 aromatic rings. The Labute approximate surface area is 129 Å². The highest BCUT2D eigenvalue weighted by Gasteiger charge is 2.10. The van der Waals surface area contributed by atoms with Gasteiger partial charge in [-0.2, -0.15) is 0 Å². The molecule has 112 valence electrons. The smallest absolute Gasteiger partial charge is 0.0821 e. The second kappa shape index (κ2) is 8.63. The average Bonchev–Trinajstić information content (AvgIpc) is 2.56. The summed E-state index contributed by atoms with van der Waals surface area (Å²) in [7, 11) is 1.82. The van der Waals surface area contributed by atoms with E-state index in [2.05, 4.69) is 61.5 Å². The van der Waals surface area contributed by atoms with Crippen molar-refractivity contribution in [2.45, 2.75) is 45.1 Å². The van der Waals surface area contributed by atoms with Crippen LogP contribution >= 0.6 is 0 Å². The van der Waals surface area contributed by atoms with Crippen LogP contribution < -0.4 is 0 Å². The van der Waals surface area contributed by atoms with Crippen molar-refractivity contribution in [3.8, 4) is 11.1 Å². The number of rotatable bonds is 8. The minimum Gasteiger partial charge on any atom is -0.377 e. The van der Waals surface area contributed by atoms with Gasteiger partial charge in [-0.1, -0.05) is 87.2 Å². The van der Waals surface area contributed by atoms with Gasteiger partial charge in [-0.25, -0.2) is 0 Å². The van der Waals surface area contributed by atoms with E-state index < -0.39 is 0 Å². The van der Waals surface area contributed by atoms with Crippen molar-refractivity contribution >= 4 is 0 Å². The number of hydrogen-bond donors (Lipinski definition) is 0. The second-order valence-electron chi connectivity index (χ2n) is 5.56. The van der Waals surface area contributed by atoms with Gasteiger partial charge in [-0.15, -0.1) is 0 Å². The van der Waals surface area contributed by atoms with Crippen molar-refractivity contribution in [3.63, 3.8) is 0 Å². The van der Waals surface area contributed by atoms with Crippen LogP contribution in [0.25, 0.3) is 11.1 Å². The minimum absolute atomic E-state index is 0.228. The van der Waals surface area contributed by atoms with Crippen LogP contribution in [0, 0.1) is 0 Å². The highest BCUT2D eigenvalue weighted by molar-refractivity contribution is 5.63. The molecule has 1 atom stereocenters. The molecule has 0 saturated heterocycles. The molecule has 2 rings (SSSR count). The van der Waals surface area contributed by atoms with Gasteiger partial charge in [-0.05, 0) is 23.1 Å². The van der Waals surface area contributed by atoms with Gasteiger partial charge in [0.15, 0.2) is 0 Å². The van der Waals surface area contributed by atoms with Crippen LogP contribution in [0.5, 0.6) is 0 Å². The van der Waals surface area contributed by atoms with E-state index >= 15 is 0 Å². The van der Waals surface area contributed by atoms with Crippen LogP contribution in [0.1, 0.15) is 50.7 Å². The van der Waals surface area contributed by atoms with Crippen molar-refractivity contribution in [3.05, 3.63) is 60.2 Å². The molecule has 0 aliphatic carbocycles. The molecule has 0 saturated carbocycles. The summed E-state index contributed by atoms with van der Waals surface area (Å²) in [6.07, 6.45) is 6.49. The van der Waals surface area contributed by atoms with Crippen molar-refractivity contribution in [1.29, 1.82) is 0 Å². The Kier molecular flexibility index (Phi) is 6.49. The molecule has 0 N–H and O–H groups in total. The lowest BCUT2D eigenvalue weighted by Gasteiger charge is -2.16. The fourth-order valence-corrected chi connectivity index (χ4v) is 2.70. The van der Waals surface area contributed by atoms with Crippen LogP contribution in [0.4, 0.5) is 0 Å². The van der Waals surface area contributed by atoms with E-state index in [1.807, 2.05) is 7.11 Å². The van der Waals surface area contributed by atoms with Gasteiger partial charge >= 0.3 is 0 Å². The maximum Gasteiger partial charge on any atom is 0.0821 e. The third kappa shape index (κ3) is 4.71. The number of benzene rings is 2. The normalized spacial score (nSPS) is 12.3. The molecule has 21 heavy (non-hydrogen) atoms. The highest BCUT2D eigenvalue weighted by Crippen LogP contribution is 2.26. The standard InChI is InChI=1S/C20H26O/c1-3-4-5-9-12-20(21-2)19-15-13-18(14-16-19)17-10-7-6-8-11-17/h6-8,10-11,13-16,20H,3-5,9,12H2,1-2H3. The van der Waals surface area contributed by atoms with Gasteiger partial charge in [0.25, 0.3) is 0 Å². The Balaban J connectivity index is 1.99. The van der Waals surface area contributed by atoms with Gasteiger partial charge in [0, 0.05) is 7.11 Å². The zero-order valence-electron chi connectivity index (χ0n) is 13.2. The first kappa shape index (κ1) is 15.8. The van der Waals surface area contributed by atoms with Crippen LogP contribution in [-0.2, 0) is 4.74 Å². The molecule has 0 aliphatic rings. The molecule has 2 aromatic carbocycles. The summed E-state index contributed by atoms with van der Waals surface area (Å²) < 4.78 is 5.66. The minimum atomic E-state index is 0.228. The number of hydrogen-bond acceptors (Lipinski definition) is 1. The van der Waals surface area contributed by atoms with E-state index in [1.54, 1.807) is 0 Å². The van der Waals surface area contributed by atoms with Crippen LogP contribution in [-0.4, -0.2) is 7.11 Å². The summed E-state index contributed by atoms with van der Waals surface area (Å²) in [5.41, 5.74) is 3.81. The fourth-order valence-electron chi connectivity index (χ4n) is 2.70. The summed E-state index contributed by atoms with van der Waals surface area (Å²) >= 11 is 0. The predicted molar refractivity (Wildman–Crippen MR) is 90.4 cm³/mol. The van der Waals surface area contributed by atoms with Crippen molar-refractivity contribution in [1.82, 2.24) is 0 Å². The molecule has 0 aliphatic heterocycles. The largest absolute Gasteiger partial charge is 0.377 e. The first-order valence-electron chi connectivity index (χ1n) is 8.03. The number of methoxy groups -OCH3 is 1. The molecule has 0 fully saturated rings. The topological polar surface area (TPSA) is 9.23 Å². The van der Waals surface area contributed by atoms with Crippen LogP contribution in [0.2, 0.25) is 0 Å². The van der Waals surface area contributed by atoms with Gasteiger partial charge in [0.1, 0.15) is 0 Å². The molecule has 0 aromatic heterocycles. The molecule has 0 radical (unpaired) electrons. The summed E-state index contributed by atoms with van der Waals surface area (Å²) in [5, 5.41) is 0. The summed E-state index contributed by atoms with van der Waals surface area (Å²) in [4.78, 5) is 0. The SMILES string of the molecule is CCCCCCC(OC)c1ccc(-c2ccccc2)cc1. The Morgan fingerprint density at radius 2 is 1.48 bits per heavy atom. The summed E-state index contributed by atoms with van der Waals surface area (Å²) in [5.74, 6) is 0. The van der Waals surface area contributed by atoms with E-state index in [1.165, 1.54) is 42.4 Å². The van der Waals surface area contributed by atoms with E-state index in [-0.39, 0.29) is 6.10 Å². The lowest BCUT2D eigenvalue weighted by Crippen LogP contribution is -2.01. The zero-order valence-corrected chi connectivity index (χ0v) is 13.2. The lowest BCUT2D eigenvalue weighted by atomic mass is 9.99. The Morgan fingerprint density at radius 3 is 2.10 bits per heavy atom. The lowest BCUT2D eigenvalue weighted by molar-refractivity contribution is 0.0931. The molecular weight excluding hydrogens is 256 g/mol. The molecule has 1 unspecified atom stereocenters. The van der Waals surface area contributed by atoms with E-state index in [0.717, 1.165) is 6.42 Å². The fraction of sp³-hybridized carbons (Fsp3) is 0.400. The molecule has 1 nitrogen and oxygen atoms in total. The van der Waals surface area contributed by atoms with Crippen LogP contribution in [0.15, 0.2) is 54.6 Å². The molecule has 0 heterocycles. The predicted octanol–water partition coefficient (Wildman–Crippen LogP) is 6.01. The average molecular weight is 282 g/mol. The molecule has 1 heteroatoms.